The molecule has 0 radical (unpaired) electrons. The lowest BCUT2D eigenvalue weighted by Gasteiger charge is -2.20. The molecule has 3 N–H and O–H groups in total. The number of carbonyl (C=O) groups is 1. The van der Waals surface area contributed by atoms with E-state index in [2.05, 4.69) is 15.5 Å². The summed E-state index contributed by atoms with van der Waals surface area (Å²) in [5, 5.41) is 6.91. The fourth-order valence-corrected chi connectivity index (χ4v) is 3.43. The number of nitrogens with one attached hydrogen (secondary N) is 1. The fraction of sp³-hybridized carbons (Fsp3) is 0.800. The van der Waals surface area contributed by atoms with Crippen molar-refractivity contribution in [2.45, 2.75) is 69.9 Å². The Bertz CT molecular complexity index is 493. The first kappa shape index (κ1) is 17.2. The lowest BCUT2D eigenvalue weighted by atomic mass is 9.89. The summed E-state index contributed by atoms with van der Waals surface area (Å²) in [4.78, 5) is 16.4. The van der Waals surface area contributed by atoms with Gasteiger partial charge in [-0.1, -0.05) is 37.3 Å². The molecule has 0 atom stereocenters. The van der Waals surface area contributed by atoms with Crippen LogP contribution in [0.2, 0.25) is 0 Å². The molecule has 0 bridgehead atoms. The molecule has 2 aliphatic carbocycles. The predicted molar refractivity (Wildman–Crippen MR) is 84.3 cm³/mol. The average Bonchev–Trinajstić information content (AvgIpc) is 3.15. The van der Waals surface area contributed by atoms with Gasteiger partial charge in [0.2, 0.25) is 11.8 Å². The topological polar surface area (TPSA) is 94.0 Å². The van der Waals surface area contributed by atoms with Crippen LogP contribution in [-0.2, 0) is 16.9 Å². The maximum absolute atomic E-state index is 12.1. The van der Waals surface area contributed by atoms with Gasteiger partial charge in [0.15, 0.2) is 5.82 Å². The number of amides is 1. The van der Waals surface area contributed by atoms with Gasteiger partial charge in [0, 0.05) is 5.92 Å². The summed E-state index contributed by atoms with van der Waals surface area (Å²) in [6.45, 7) is 0.304. The SMILES string of the molecule is Cl.NC1(c2noc(CNC(=O)C3CCCCC3)n2)CCCC1. The van der Waals surface area contributed by atoms with E-state index in [4.69, 9.17) is 10.3 Å². The summed E-state index contributed by atoms with van der Waals surface area (Å²) in [7, 11) is 0. The molecule has 1 heterocycles. The highest BCUT2D eigenvalue weighted by Gasteiger charge is 2.36. The Hall–Kier alpha value is -1.14. The van der Waals surface area contributed by atoms with Crippen LogP contribution in [0, 0.1) is 5.92 Å². The van der Waals surface area contributed by atoms with Crippen LogP contribution in [0.5, 0.6) is 0 Å². The number of nitrogens with zero attached hydrogens (tertiary/aromatic N) is 2. The Labute approximate surface area is 137 Å². The van der Waals surface area contributed by atoms with Gasteiger partial charge in [0.05, 0.1) is 12.1 Å². The molecule has 1 amide bonds. The number of aromatic nitrogens is 2. The molecule has 0 unspecified atom stereocenters. The van der Waals surface area contributed by atoms with Gasteiger partial charge >= 0.3 is 0 Å². The molecule has 6 nitrogen and oxygen atoms in total. The van der Waals surface area contributed by atoms with Gasteiger partial charge in [-0.05, 0) is 25.7 Å². The molecular formula is C15H25ClN4O2. The molecule has 22 heavy (non-hydrogen) atoms. The molecular weight excluding hydrogens is 304 g/mol. The maximum atomic E-state index is 12.1. The number of rotatable bonds is 4. The minimum Gasteiger partial charge on any atom is -0.347 e. The van der Waals surface area contributed by atoms with Crippen LogP contribution in [0.25, 0.3) is 0 Å². The minimum absolute atomic E-state index is 0. The summed E-state index contributed by atoms with van der Waals surface area (Å²) in [6, 6.07) is 0. The predicted octanol–water partition coefficient (Wildman–Crippen LogP) is 2.42. The molecule has 2 saturated carbocycles. The normalized spacial score (nSPS) is 21.3. The molecule has 7 heteroatoms. The van der Waals surface area contributed by atoms with Crippen molar-refractivity contribution >= 4 is 18.3 Å². The molecule has 1 aromatic heterocycles. The van der Waals surface area contributed by atoms with E-state index in [1.807, 2.05) is 0 Å². The van der Waals surface area contributed by atoms with Crippen molar-refractivity contribution in [2.75, 3.05) is 0 Å². The van der Waals surface area contributed by atoms with E-state index in [-0.39, 0.29) is 24.2 Å². The molecule has 0 spiro atoms. The zero-order valence-corrected chi connectivity index (χ0v) is 13.7. The van der Waals surface area contributed by atoms with Crippen LogP contribution >= 0.6 is 12.4 Å². The molecule has 0 saturated heterocycles. The first-order chi connectivity index (χ1) is 10.2. The van der Waals surface area contributed by atoms with E-state index in [9.17, 15) is 4.79 Å². The van der Waals surface area contributed by atoms with E-state index in [1.54, 1.807) is 0 Å². The molecule has 2 aliphatic rings. The fourth-order valence-electron chi connectivity index (χ4n) is 3.43. The summed E-state index contributed by atoms with van der Waals surface area (Å²) in [5.41, 5.74) is 5.86. The van der Waals surface area contributed by atoms with Gasteiger partial charge in [0.25, 0.3) is 0 Å². The van der Waals surface area contributed by atoms with Gasteiger partial charge in [-0.2, -0.15) is 4.98 Å². The summed E-state index contributed by atoms with van der Waals surface area (Å²) < 4.78 is 5.22. The highest BCUT2D eigenvalue weighted by atomic mass is 35.5. The van der Waals surface area contributed by atoms with Crippen LogP contribution in [-0.4, -0.2) is 16.0 Å². The third-order valence-electron chi connectivity index (χ3n) is 4.80. The summed E-state index contributed by atoms with van der Waals surface area (Å²) >= 11 is 0. The van der Waals surface area contributed by atoms with Crippen LogP contribution in [0.1, 0.15) is 69.5 Å². The van der Waals surface area contributed by atoms with Gasteiger partial charge in [0.1, 0.15) is 0 Å². The Morgan fingerprint density at radius 3 is 2.59 bits per heavy atom. The first-order valence-corrected chi connectivity index (χ1v) is 8.07. The summed E-state index contributed by atoms with van der Waals surface area (Å²) in [6.07, 6.45) is 9.56. The van der Waals surface area contributed by atoms with Crippen molar-refractivity contribution in [3.63, 3.8) is 0 Å². The number of halogens is 1. The van der Waals surface area contributed by atoms with E-state index in [1.165, 1.54) is 6.42 Å². The summed E-state index contributed by atoms with van der Waals surface area (Å²) in [5.74, 6) is 1.29. The van der Waals surface area contributed by atoms with E-state index >= 15 is 0 Å². The van der Waals surface area contributed by atoms with Crippen LogP contribution in [0.4, 0.5) is 0 Å². The third kappa shape index (κ3) is 3.79. The lowest BCUT2D eigenvalue weighted by molar-refractivity contribution is -0.126. The molecule has 0 aromatic carbocycles. The van der Waals surface area contributed by atoms with Crippen molar-refractivity contribution in [2.24, 2.45) is 11.7 Å². The Kier molecular flexibility index (Phi) is 5.81. The van der Waals surface area contributed by atoms with Crippen molar-refractivity contribution in [1.82, 2.24) is 15.5 Å². The molecule has 0 aliphatic heterocycles. The first-order valence-electron chi connectivity index (χ1n) is 8.07. The number of hydrogen-bond donors (Lipinski definition) is 2. The zero-order valence-electron chi connectivity index (χ0n) is 12.8. The zero-order chi connectivity index (χ0) is 14.7. The quantitative estimate of drug-likeness (QED) is 0.885. The number of nitrogens with two attached hydrogens (primary N) is 1. The van der Waals surface area contributed by atoms with E-state index in [0.717, 1.165) is 51.4 Å². The molecule has 1 aromatic rings. The van der Waals surface area contributed by atoms with Crippen LogP contribution in [0.3, 0.4) is 0 Å². The maximum Gasteiger partial charge on any atom is 0.246 e. The molecule has 124 valence electrons. The average molecular weight is 329 g/mol. The minimum atomic E-state index is -0.435. The molecule has 3 rings (SSSR count). The van der Waals surface area contributed by atoms with Gasteiger partial charge in [-0.3, -0.25) is 4.79 Å². The van der Waals surface area contributed by atoms with Crippen LogP contribution < -0.4 is 11.1 Å². The van der Waals surface area contributed by atoms with Crippen molar-refractivity contribution < 1.29 is 9.32 Å². The standard InChI is InChI=1S/C15H24N4O2.ClH/c16-15(8-4-5-9-15)14-18-12(21-19-14)10-17-13(20)11-6-2-1-3-7-11;/h11H,1-10,16H2,(H,17,20);1H. The van der Waals surface area contributed by atoms with Crippen LogP contribution in [0.15, 0.2) is 4.52 Å². The smallest absolute Gasteiger partial charge is 0.246 e. The largest absolute Gasteiger partial charge is 0.347 e. The van der Waals surface area contributed by atoms with Crippen molar-refractivity contribution in [1.29, 1.82) is 0 Å². The molecule has 2 fully saturated rings. The van der Waals surface area contributed by atoms with Gasteiger partial charge in [-0.15, -0.1) is 12.4 Å². The van der Waals surface area contributed by atoms with Gasteiger partial charge < -0.3 is 15.6 Å². The second-order valence-electron chi connectivity index (χ2n) is 6.43. The van der Waals surface area contributed by atoms with E-state index < -0.39 is 5.54 Å². The Morgan fingerprint density at radius 2 is 1.91 bits per heavy atom. The monoisotopic (exact) mass is 328 g/mol. The Balaban J connectivity index is 0.00000176. The van der Waals surface area contributed by atoms with Crippen molar-refractivity contribution in [3.8, 4) is 0 Å². The lowest BCUT2D eigenvalue weighted by Crippen LogP contribution is -2.34. The number of hydrogen-bond acceptors (Lipinski definition) is 5. The highest BCUT2D eigenvalue weighted by Crippen LogP contribution is 2.34. The second kappa shape index (κ2) is 7.42. The van der Waals surface area contributed by atoms with Crippen molar-refractivity contribution in [3.05, 3.63) is 11.7 Å². The highest BCUT2D eigenvalue weighted by molar-refractivity contribution is 5.85. The number of carbonyl (C=O) groups excluding carboxylic acids is 1. The Morgan fingerprint density at radius 1 is 1.23 bits per heavy atom. The second-order valence-corrected chi connectivity index (χ2v) is 6.43. The van der Waals surface area contributed by atoms with E-state index in [0.29, 0.717) is 18.3 Å². The third-order valence-corrected chi connectivity index (χ3v) is 4.80. The van der Waals surface area contributed by atoms with Gasteiger partial charge in [-0.25, -0.2) is 0 Å².